The van der Waals surface area contributed by atoms with Gasteiger partial charge in [-0.2, -0.15) is 4.68 Å². The molecular formula is C22H29N7O2. The highest BCUT2D eigenvalue weighted by molar-refractivity contribution is 5.90. The van der Waals surface area contributed by atoms with Gasteiger partial charge in [0, 0.05) is 31.7 Å². The van der Waals surface area contributed by atoms with Crippen LogP contribution in [-0.2, 0) is 16.0 Å². The normalized spacial score (nSPS) is 21.7. The molecule has 0 saturated carbocycles. The predicted molar refractivity (Wildman–Crippen MR) is 113 cm³/mol. The molecule has 31 heavy (non-hydrogen) atoms. The zero-order chi connectivity index (χ0) is 21.3. The standard InChI is InChI=1S/C22H29N7O2/c1-17-20(15-31-21(17)30)28-12-7-22(8-13-28)5-10-27(11-6-22)9-4-18-2-3-19(14-23-18)29-16-24-25-26-29/h2-3,14,16H,4-13,15H2,1H3. The minimum atomic E-state index is -0.150. The highest BCUT2D eigenvalue weighted by Gasteiger charge is 2.39. The molecule has 5 rings (SSSR count). The maximum Gasteiger partial charge on any atom is 0.335 e. The second-order valence-electron chi connectivity index (χ2n) is 8.99. The fourth-order valence-corrected chi connectivity index (χ4v) is 5.05. The van der Waals surface area contributed by atoms with Crippen LogP contribution in [0.2, 0.25) is 0 Å². The van der Waals surface area contributed by atoms with Crippen molar-refractivity contribution in [3.63, 3.8) is 0 Å². The maximum atomic E-state index is 11.7. The van der Waals surface area contributed by atoms with Gasteiger partial charge in [0.05, 0.1) is 23.2 Å². The Bertz CT molecular complexity index is 937. The number of pyridine rings is 1. The van der Waals surface area contributed by atoms with E-state index < -0.39 is 0 Å². The van der Waals surface area contributed by atoms with Crippen molar-refractivity contribution in [2.45, 2.75) is 39.0 Å². The number of nitrogens with zero attached hydrogens (tertiary/aromatic N) is 7. The third-order valence-corrected chi connectivity index (χ3v) is 7.31. The van der Waals surface area contributed by atoms with Crippen molar-refractivity contribution in [1.29, 1.82) is 0 Å². The molecule has 2 fully saturated rings. The second kappa shape index (κ2) is 8.37. The molecule has 2 saturated heterocycles. The molecule has 9 nitrogen and oxygen atoms in total. The molecule has 0 aromatic carbocycles. The van der Waals surface area contributed by atoms with Gasteiger partial charge in [0.15, 0.2) is 0 Å². The minimum absolute atomic E-state index is 0.150. The molecule has 0 bridgehead atoms. The third kappa shape index (κ3) is 4.19. The number of likely N-dealkylation sites (tertiary alicyclic amines) is 2. The van der Waals surface area contributed by atoms with Crippen LogP contribution in [0, 0.1) is 5.41 Å². The van der Waals surface area contributed by atoms with E-state index in [0.717, 1.165) is 61.8 Å². The van der Waals surface area contributed by atoms with E-state index in [1.807, 2.05) is 19.2 Å². The lowest BCUT2D eigenvalue weighted by Gasteiger charge is -2.47. The Labute approximate surface area is 182 Å². The van der Waals surface area contributed by atoms with E-state index >= 15 is 0 Å². The van der Waals surface area contributed by atoms with Gasteiger partial charge in [-0.25, -0.2) is 4.79 Å². The fraction of sp³-hybridized carbons (Fsp3) is 0.591. The summed E-state index contributed by atoms with van der Waals surface area (Å²) in [5.41, 5.74) is 4.35. The molecule has 1 spiro atoms. The SMILES string of the molecule is CC1=C(N2CCC3(CCN(CCc4ccc(-n5cnnn5)cn4)CC3)CC2)COC1=O. The van der Waals surface area contributed by atoms with Crippen molar-refractivity contribution in [3.8, 4) is 5.69 Å². The van der Waals surface area contributed by atoms with Crippen LogP contribution in [-0.4, -0.2) is 80.3 Å². The topological polar surface area (TPSA) is 89.3 Å². The van der Waals surface area contributed by atoms with E-state index in [0.29, 0.717) is 12.0 Å². The van der Waals surface area contributed by atoms with Gasteiger partial charge in [-0.1, -0.05) is 0 Å². The fourth-order valence-electron chi connectivity index (χ4n) is 5.05. The van der Waals surface area contributed by atoms with Crippen molar-refractivity contribution in [1.82, 2.24) is 35.0 Å². The molecule has 0 aliphatic carbocycles. The number of rotatable bonds is 5. The van der Waals surface area contributed by atoms with Crippen LogP contribution in [0.5, 0.6) is 0 Å². The van der Waals surface area contributed by atoms with Crippen molar-refractivity contribution in [2.75, 3.05) is 39.3 Å². The van der Waals surface area contributed by atoms with Crippen molar-refractivity contribution < 1.29 is 9.53 Å². The van der Waals surface area contributed by atoms with Gasteiger partial charge in [-0.05, 0) is 73.7 Å². The number of cyclic esters (lactones) is 1. The van der Waals surface area contributed by atoms with E-state index in [2.05, 4.69) is 36.4 Å². The number of carbonyl (C=O) groups excluding carboxylic acids is 1. The summed E-state index contributed by atoms with van der Waals surface area (Å²) in [5, 5.41) is 11.2. The molecule has 0 atom stereocenters. The first-order valence-corrected chi connectivity index (χ1v) is 11.1. The number of piperidine rings is 2. The van der Waals surface area contributed by atoms with Crippen LogP contribution in [0.25, 0.3) is 5.69 Å². The van der Waals surface area contributed by atoms with Crippen LogP contribution < -0.4 is 0 Å². The Kier molecular flexibility index (Phi) is 5.43. The molecule has 0 amide bonds. The Morgan fingerprint density at radius 1 is 1.10 bits per heavy atom. The first kappa shape index (κ1) is 20.1. The van der Waals surface area contributed by atoms with Crippen LogP contribution in [0.1, 0.15) is 38.3 Å². The van der Waals surface area contributed by atoms with Crippen LogP contribution >= 0.6 is 0 Å². The van der Waals surface area contributed by atoms with Crippen molar-refractivity contribution in [3.05, 3.63) is 41.6 Å². The molecule has 3 aliphatic rings. The zero-order valence-corrected chi connectivity index (χ0v) is 18.0. The molecule has 3 aliphatic heterocycles. The summed E-state index contributed by atoms with van der Waals surface area (Å²) >= 11 is 0. The van der Waals surface area contributed by atoms with Crippen molar-refractivity contribution >= 4 is 5.97 Å². The first-order chi connectivity index (χ1) is 15.1. The first-order valence-electron chi connectivity index (χ1n) is 11.1. The van der Waals surface area contributed by atoms with Crippen molar-refractivity contribution in [2.24, 2.45) is 5.41 Å². The van der Waals surface area contributed by atoms with Gasteiger partial charge in [0.25, 0.3) is 0 Å². The highest BCUT2D eigenvalue weighted by atomic mass is 16.5. The number of tetrazole rings is 1. The predicted octanol–water partition coefficient (Wildman–Crippen LogP) is 1.61. The summed E-state index contributed by atoms with van der Waals surface area (Å²) in [7, 11) is 0. The Balaban J connectivity index is 1.08. The van der Waals surface area contributed by atoms with E-state index in [1.165, 1.54) is 25.7 Å². The number of aromatic nitrogens is 5. The van der Waals surface area contributed by atoms with Gasteiger partial charge >= 0.3 is 5.97 Å². The molecule has 5 heterocycles. The number of carbonyl (C=O) groups is 1. The molecule has 9 heteroatoms. The highest BCUT2D eigenvalue weighted by Crippen LogP contribution is 2.42. The lowest BCUT2D eigenvalue weighted by atomic mass is 9.71. The minimum Gasteiger partial charge on any atom is -0.456 e. The summed E-state index contributed by atoms with van der Waals surface area (Å²) in [5.74, 6) is -0.150. The summed E-state index contributed by atoms with van der Waals surface area (Å²) < 4.78 is 6.81. The lowest BCUT2D eigenvalue weighted by Crippen LogP contribution is -2.47. The summed E-state index contributed by atoms with van der Waals surface area (Å²) in [6.45, 7) is 7.79. The quantitative estimate of drug-likeness (QED) is 0.670. The number of ether oxygens (including phenoxy) is 1. The van der Waals surface area contributed by atoms with Gasteiger partial charge < -0.3 is 14.5 Å². The Morgan fingerprint density at radius 3 is 2.48 bits per heavy atom. The summed E-state index contributed by atoms with van der Waals surface area (Å²) in [6.07, 6.45) is 9.31. The second-order valence-corrected chi connectivity index (χ2v) is 8.99. The molecular weight excluding hydrogens is 394 g/mol. The Morgan fingerprint density at radius 2 is 1.87 bits per heavy atom. The molecule has 2 aromatic heterocycles. The molecule has 2 aromatic rings. The average Bonchev–Trinajstić information content (AvgIpc) is 3.46. The molecule has 0 N–H and O–H groups in total. The van der Waals surface area contributed by atoms with E-state index in [9.17, 15) is 4.79 Å². The van der Waals surface area contributed by atoms with E-state index in [1.54, 1.807) is 11.0 Å². The van der Waals surface area contributed by atoms with E-state index in [4.69, 9.17) is 4.74 Å². The molecule has 164 valence electrons. The largest absolute Gasteiger partial charge is 0.456 e. The zero-order valence-electron chi connectivity index (χ0n) is 18.0. The van der Waals surface area contributed by atoms with Crippen LogP contribution in [0.3, 0.4) is 0 Å². The number of hydrogen-bond donors (Lipinski definition) is 0. The van der Waals surface area contributed by atoms with Gasteiger partial charge in [0.2, 0.25) is 0 Å². The summed E-state index contributed by atoms with van der Waals surface area (Å²) in [4.78, 5) is 21.2. The third-order valence-electron chi connectivity index (χ3n) is 7.31. The molecule has 0 unspecified atom stereocenters. The monoisotopic (exact) mass is 423 g/mol. The Hall–Kier alpha value is -2.81. The summed E-state index contributed by atoms with van der Waals surface area (Å²) in [6, 6.07) is 4.07. The number of hydrogen-bond acceptors (Lipinski definition) is 8. The maximum absolute atomic E-state index is 11.7. The van der Waals surface area contributed by atoms with Gasteiger partial charge in [0.1, 0.15) is 12.9 Å². The lowest BCUT2D eigenvalue weighted by molar-refractivity contribution is -0.136. The van der Waals surface area contributed by atoms with Gasteiger partial charge in [-0.3, -0.25) is 4.98 Å². The van der Waals surface area contributed by atoms with Crippen LogP contribution in [0.4, 0.5) is 0 Å². The number of esters is 1. The van der Waals surface area contributed by atoms with Crippen LogP contribution in [0.15, 0.2) is 35.9 Å². The molecule has 0 radical (unpaired) electrons. The van der Waals surface area contributed by atoms with Gasteiger partial charge in [-0.15, -0.1) is 5.10 Å². The average molecular weight is 424 g/mol. The van der Waals surface area contributed by atoms with E-state index in [-0.39, 0.29) is 5.97 Å². The smallest absolute Gasteiger partial charge is 0.335 e.